The first-order chi connectivity index (χ1) is 14.0. The number of halogens is 1. The van der Waals surface area contributed by atoms with Crippen LogP contribution in [0.2, 0.25) is 0 Å². The molecule has 8 heteroatoms. The summed E-state index contributed by atoms with van der Waals surface area (Å²) in [6.07, 6.45) is 0. The van der Waals surface area contributed by atoms with E-state index >= 15 is 0 Å². The molecule has 0 aliphatic rings. The molecule has 148 valence electrons. The lowest BCUT2D eigenvalue weighted by atomic mass is 10.1. The van der Waals surface area contributed by atoms with Gasteiger partial charge in [-0.3, -0.25) is 9.59 Å². The fourth-order valence-corrected chi connectivity index (χ4v) is 2.58. The van der Waals surface area contributed by atoms with Crippen LogP contribution in [0.4, 0.5) is 10.1 Å². The van der Waals surface area contributed by atoms with Gasteiger partial charge in [-0.2, -0.15) is 5.10 Å². The Balaban J connectivity index is 1.70. The number of carbonyl (C=O) groups is 2. The first-order valence-electron chi connectivity index (χ1n) is 8.87. The number of carbonyl (C=O) groups excluding carboxylic acids is 2. The standard InChI is InChI=1S/C21H18FN3O4/c1-2-29-21(28)15-5-9-17(10-6-15)23-19(26)13-25-20(27)12-11-18(24-25)14-3-7-16(22)8-4-14/h3-12H,2,13H2,1H3,(H,23,26). The van der Waals surface area contributed by atoms with Gasteiger partial charge in [0.1, 0.15) is 12.4 Å². The van der Waals surface area contributed by atoms with Crippen LogP contribution in [0.3, 0.4) is 0 Å². The summed E-state index contributed by atoms with van der Waals surface area (Å²) in [4.78, 5) is 36.0. The molecule has 7 nitrogen and oxygen atoms in total. The topological polar surface area (TPSA) is 90.3 Å². The van der Waals surface area contributed by atoms with E-state index in [4.69, 9.17) is 4.74 Å². The molecule has 29 heavy (non-hydrogen) atoms. The van der Waals surface area contributed by atoms with Gasteiger partial charge < -0.3 is 10.1 Å². The zero-order valence-corrected chi connectivity index (χ0v) is 15.6. The number of aromatic nitrogens is 2. The molecule has 0 aliphatic carbocycles. The van der Waals surface area contributed by atoms with Gasteiger partial charge in [0.15, 0.2) is 0 Å². The first-order valence-corrected chi connectivity index (χ1v) is 8.87. The van der Waals surface area contributed by atoms with Crippen LogP contribution in [0, 0.1) is 5.82 Å². The van der Waals surface area contributed by atoms with E-state index in [-0.39, 0.29) is 19.0 Å². The Labute approximate surface area is 165 Å². The van der Waals surface area contributed by atoms with Gasteiger partial charge in [-0.15, -0.1) is 0 Å². The van der Waals surface area contributed by atoms with Crippen molar-refractivity contribution in [2.75, 3.05) is 11.9 Å². The summed E-state index contributed by atoms with van der Waals surface area (Å²) in [5.74, 6) is -1.28. The van der Waals surface area contributed by atoms with Crippen LogP contribution in [0.15, 0.2) is 65.5 Å². The molecule has 0 atom stereocenters. The van der Waals surface area contributed by atoms with E-state index in [0.29, 0.717) is 22.5 Å². The molecule has 1 heterocycles. The van der Waals surface area contributed by atoms with Crippen molar-refractivity contribution in [1.29, 1.82) is 0 Å². The smallest absolute Gasteiger partial charge is 0.338 e. The number of esters is 1. The molecule has 0 saturated heterocycles. The second-order valence-corrected chi connectivity index (χ2v) is 6.07. The number of nitrogens with one attached hydrogen (secondary N) is 1. The van der Waals surface area contributed by atoms with Crippen LogP contribution in [0.1, 0.15) is 17.3 Å². The Kier molecular flexibility index (Phi) is 6.13. The Morgan fingerprint density at radius 3 is 2.38 bits per heavy atom. The largest absolute Gasteiger partial charge is 0.462 e. The van der Waals surface area contributed by atoms with Crippen molar-refractivity contribution in [3.05, 3.63) is 82.4 Å². The quantitative estimate of drug-likeness (QED) is 0.648. The molecule has 0 unspecified atom stereocenters. The van der Waals surface area contributed by atoms with Gasteiger partial charge in [0.05, 0.1) is 17.9 Å². The first kappa shape index (κ1) is 19.9. The molecule has 0 bridgehead atoms. The molecule has 0 spiro atoms. The Morgan fingerprint density at radius 2 is 1.72 bits per heavy atom. The number of nitrogens with zero attached hydrogens (tertiary/aromatic N) is 2. The van der Waals surface area contributed by atoms with E-state index in [9.17, 15) is 18.8 Å². The molecule has 0 fully saturated rings. The van der Waals surface area contributed by atoms with Crippen LogP contribution >= 0.6 is 0 Å². The van der Waals surface area contributed by atoms with Gasteiger partial charge in [-0.1, -0.05) is 0 Å². The van der Waals surface area contributed by atoms with Gasteiger partial charge in [0.25, 0.3) is 5.56 Å². The maximum atomic E-state index is 13.1. The molecule has 0 radical (unpaired) electrons. The average Bonchev–Trinajstić information content (AvgIpc) is 2.71. The van der Waals surface area contributed by atoms with Crippen molar-refractivity contribution >= 4 is 17.6 Å². The Hall–Kier alpha value is -3.81. The molecule has 0 aliphatic heterocycles. The third kappa shape index (κ3) is 5.13. The van der Waals surface area contributed by atoms with Gasteiger partial charge in [-0.05, 0) is 61.5 Å². The van der Waals surface area contributed by atoms with Crippen LogP contribution in [-0.2, 0) is 16.1 Å². The van der Waals surface area contributed by atoms with Crippen molar-refractivity contribution in [2.24, 2.45) is 0 Å². The summed E-state index contributed by atoms with van der Waals surface area (Å²) < 4.78 is 19.0. The van der Waals surface area contributed by atoms with Crippen molar-refractivity contribution in [3.8, 4) is 11.3 Å². The number of hydrogen-bond donors (Lipinski definition) is 1. The number of rotatable bonds is 6. The van der Waals surface area contributed by atoms with Gasteiger partial charge in [0.2, 0.25) is 5.91 Å². The molecule has 0 saturated carbocycles. The number of anilines is 1. The molecule has 1 aromatic heterocycles. The minimum absolute atomic E-state index is 0.274. The predicted octanol–water partition coefficient (Wildman–Crippen LogP) is 2.86. The van der Waals surface area contributed by atoms with E-state index in [0.717, 1.165) is 4.68 Å². The molecular weight excluding hydrogens is 377 g/mol. The fraction of sp³-hybridized carbons (Fsp3) is 0.143. The average molecular weight is 395 g/mol. The number of hydrogen-bond acceptors (Lipinski definition) is 5. The highest BCUT2D eigenvalue weighted by Gasteiger charge is 2.10. The van der Waals surface area contributed by atoms with Gasteiger partial charge >= 0.3 is 5.97 Å². The number of ether oxygens (including phenoxy) is 1. The van der Waals surface area contributed by atoms with Crippen LogP contribution in [-0.4, -0.2) is 28.3 Å². The molecule has 2 aromatic carbocycles. The third-order valence-electron chi connectivity index (χ3n) is 3.98. The fourth-order valence-electron chi connectivity index (χ4n) is 2.58. The highest BCUT2D eigenvalue weighted by molar-refractivity contribution is 5.93. The molecule has 1 N–H and O–H groups in total. The van der Waals surface area contributed by atoms with E-state index in [1.165, 1.54) is 48.5 Å². The van der Waals surface area contributed by atoms with Gasteiger partial charge in [-0.25, -0.2) is 13.9 Å². The molecule has 1 amide bonds. The summed E-state index contributed by atoms with van der Waals surface area (Å²) in [6.45, 7) is 1.69. The lowest BCUT2D eigenvalue weighted by molar-refractivity contribution is -0.117. The zero-order valence-electron chi connectivity index (χ0n) is 15.6. The monoisotopic (exact) mass is 395 g/mol. The minimum Gasteiger partial charge on any atom is -0.462 e. The van der Waals surface area contributed by atoms with Crippen molar-refractivity contribution < 1.29 is 18.7 Å². The summed E-state index contributed by atoms with van der Waals surface area (Å²) >= 11 is 0. The normalized spacial score (nSPS) is 10.4. The van der Waals surface area contributed by atoms with Crippen LogP contribution in [0.25, 0.3) is 11.3 Å². The van der Waals surface area contributed by atoms with Crippen molar-refractivity contribution in [3.63, 3.8) is 0 Å². The van der Waals surface area contributed by atoms with E-state index in [1.54, 1.807) is 19.1 Å². The maximum absolute atomic E-state index is 13.1. The molecular formula is C21H18FN3O4. The highest BCUT2D eigenvalue weighted by Crippen LogP contribution is 2.16. The summed E-state index contributed by atoms with van der Waals surface area (Å²) in [5.41, 5.74) is 1.45. The number of benzene rings is 2. The SMILES string of the molecule is CCOC(=O)c1ccc(NC(=O)Cn2nc(-c3ccc(F)cc3)ccc2=O)cc1. The van der Waals surface area contributed by atoms with Crippen LogP contribution in [0.5, 0.6) is 0 Å². The number of amides is 1. The molecule has 3 rings (SSSR count). The lowest BCUT2D eigenvalue weighted by Gasteiger charge is -2.09. The van der Waals surface area contributed by atoms with Crippen molar-refractivity contribution in [2.45, 2.75) is 13.5 Å². The zero-order chi connectivity index (χ0) is 20.8. The summed E-state index contributed by atoms with van der Waals surface area (Å²) in [5, 5.41) is 6.81. The summed E-state index contributed by atoms with van der Waals surface area (Å²) in [6, 6.07) is 14.7. The lowest BCUT2D eigenvalue weighted by Crippen LogP contribution is -2.29. The Bertz CT molecular complexity index is 1080. The summed E-state index contributed by atoms with van der Waals surface area (Å²) in [7, 11) is 0. The highest BCUT2D eigenvalue weighted by atomic mass is 19.1. The minimum atomic E-state index is -0.459. The van der Waals surface area contributed by atoms with E-state index < -0.39 is 17.4 Å². The van der Waals surface area contributed by atoms with E-state index in [2.05, 4.69) is 10.4 Å². The Morgan fingerprint density at radius 1 is 1.03 bits per heavy atom. The van der Waals surface area contributed by atoms with Gasteiger partial charge in [0, 0.05) is 17.3 Å². The maximum Gasteiger partial charge on any atom is 0.338 e. The van der Waals surface area contributed by atoms with Crippen molar-refractivity contribution in [1.82, 2.24) is 9.78 Å². The third-order valence-corrected chi connectivity index (χ3v) is 3.98. The second-order valence-electron chi connectivity index (χ2n) is 6.07. The van der Waals surface area contributed by atoms with Crippen LogP contribution < -0.4 is 10.9 Å². The predicted molar refractivity (Wildman–Crippen MR) is 105 cm³/mol. The second kappa shape index (κ2) is 8.92. The van der Waals surface area contributed by atoms with E-state index in [1.807, 2.05) is 0 Å². The molecule has 3 aromatic rings.